The summed E-state index contributed by atoms with van der Waals surface area (Å²) in [5.74, 6) is 0.259. The van der Waals surface area contributed by atoms with E-state index < -0.39 is 97.5 Å². The Hall–Kier alpha value is -1.94. The summed E-state index contributed by atoms with van der Waals surface area (Å²) in [7, 11) is -9.93. The van der Waals surface area contributed by atoms with Crippen LogP contribution in [0, 0.1) is 17.8 Å². The topological polar surface area (TPSA) is 237 Å². The molecule has 0 heterocycles. The Kier molecular flexibility index (Phi) is 77.5. The van der Waals surface area contributed by atoms with Gasteiger partial charge in [0.05, 0.1) is 26.4 Å². The third kappa shape index (κ3) is 80.7. The first-order valence-corrected chi connectivity index (χ1v) is 48.9. The van der Waals surface area contributed by atoms with Crippen LogP contribution in [0.3, 0.4) is 0 Å². The summed E-state index contributed by atoms with van der Waals surface area (Å²) < 4.78 is 69.0. The Morgan fingerprint density at radius 2 is 0.472 bits per heavy atom. The van der Waals surface area contributed by atoms with E-state index in [1.807, 2.05) is 0 Å². The van der Waals surface area contributed by atoms with Gasteiger partial charge < -0.3 is 33.8 Å². The molecule has 0 spiro atoms. The number of aliphatic hydroxyl groups is 1. The van der Waals surface area contributed by atoms with Gasteiger partial charge in [0.1, 0.15) is 19.3 Å². The minimum absolute atomic E-state index is 0.106. The van der Waals surface area contributed by atoms with Crippen molar-refractivity contribution in [2.45, 2.75) is 491 Å². The van der Waals surface area contributed by atoms with Crippen LogP contribution >= 0.6 is 15.6 Å². The highest BCUT2D eigenvalue weighted by molar-refractivity contribution is 7.47. The van der Waals surface area contributed by atoms with Gasteiger partial charge in [-0.3, -0.25) is 37.3 Å². The minimum Gasteiger partial charge on any atom is -0.462 e. The minimum atomic E-state index is -4.97. The second-order valence-corrected chi connectivity index (χ2v) is 36.1. The Balaban J connectivity index is 5.22. The van der Waals surface area contributed by atoms with Crippen molar-refractivity contribution in [3.63, 3.8) is 0 Å². The zero-order chi connectivity index (χ0) is 79.3. The van der Waals surface area contributed by atoms with E-state index >= 15 is 0 Å². The summed E-state index contributed by atoms with van der Waals surface area (Å²) >= 11 is 0. The summed E-state index contributed by atoms with van der Waals surface area (Å²) in [4.78, 5) is 73.3. The maximum absolute atomic E-state index is 13.2. The lowest BCUT2D eigenvalue weighted by Gasteiger charge is -2.21. The first-order valence-electron chi connectivity index (χ1n) is 45.9. The first kappa shape index (κ1) is 106. The van der Waals surface area contributed by atoms with Crippen LogP contribution in [0.4, 0.5) is 0 Å². The van der Waals surface area contributed by atoms with Crippen LogP contribution in [-0.4, -0.2) is 96.7 Å². The number of ether oxygens (including phenoxy) is 4. The Morgan fingerprint density at radius 1 is 0.269 bits per heavy atom. The predicted octanol–water partition coefficient (Wildman–Crippen LogP) is 27.3. The summed E-state index contributed by atoms with van der Waals surface area (Å²) in [6, 6.07) is 0. The fourth-order valence-corrected chi connectivity index (χ4v) is 15.4. The Bertz CT molecular complexity index is 2080. The third-order valence-corrected chi connectivity index (χ3v) is 23.1. The highest BCUT2D eigenvalue weighted by Crippen LogP contribution is 2.45. The van der Waals surface area contributed by atoms with E-state index in [4.69, 9.17) is 37.0 Å². The summed E-state index contributed by atoms with van der Waals surface area (Å²) in [5, 5.41) is 10.7. The molecule has 3 N–H and O–H groups in total. The molecular weight excluding hydrogens is 1400 g/mol. The molecule has 0 aliphatic heterocycles. The number of phosphoric acid groups is 2. The number of hydrogen-bond donors (Lipinski definition) is 3. The largest absolute Gasteiger partial charge is 0.472 e. The number of esters is 4. The van der Waals surface area contributed by atoms with Crippen molar-refractivity contribution in [1.29, 1.82) is 0 Å². The van der Waals surface area contributed by atoms with Crippen LogP contribution in [0.1, 0.15) is 472 Å². The highest BCUT2D eigenvalue weighted by atomic mass is 31.2. The van der Waals surface area contributed by atoms with E-state index in [2.05, 4.69) is 48.5 Å². The second-order valence-electron chi connectivity index (χ2n) is 33.2. The normalized spacial score (nSPS) is 14.1. The standard InChI is InChI=1S/C89H174O17P2/c1-8-10-11-12-13-14-15-16-17-18-19-20-21-25-28-31-36-41-49-56-63-70-86(91)99-76-84(105-88(93)72-65-58-51-42-37-32-29-26-23-22-24-27-30-35-40-48-55-62-69-82(7)9-2)78-103-107(95,96)101-74-83(90)75-102-108(97,98)104-79-85(77-100-87(92)71-64-57-50-45-44-47-54-61-68-81(5)6)106-89(94)73-66-59-52-43-38-33-34-39-46-53-60-67-80(3)4/h80-85,90H,8-79H2,1-7H3,(H,95,96)(H,97,98)/t82?,83-,84-,85-/m1/s1. The summed E-state index contributed by atoms with van der Waals surface area (Å²) in [6.45, 7) is 12.0. The molecule has 0 aromatic carbocycles. The van der Waals surface area contributed by atoms with E-state index in [0.29, 0.717) is 25.7 Å². The number of aliphatic hydroxyl groups excluding tert-OH is 1. The van der Waals surface area contributed by atoms with Crippen molar-refractivity contribution >= 4 is 39.5 Å². The number of hydrogen-bond acceptors (Lipinski definition) is 15. The van der Waals surface area contributed by atoms with Crippen LogP contribution < -0.4 is 0 Å². The average Bonchev–Trinajstić information content (AvgIpc) is 0.908. The maximum atomic E-state index is 13.2. The molecule has 0 aliphatic carbocycles. The SMILES string of the molecule is CCCCCCCCCCCCCCCCCCCCCCCC(=O)OC[C@H](COP(=O)(O)OC[C@@H](O)COP(=O)(O)OC[C@@H](COC(=O)CCCCCCCCCCC(C)C)OC(=O)CCCCCCCCCCCCCC(C)C)OC(=O)CCCCCCCCCCCCCCCCCCCCC(C)CC. The lowest BCUT2D eigenvalue weighted by atomic mass is 9.99. The van der Waals surface area contributed by atoms with Crippen LogP contribution in [0.15, 0.2) is 0 Å². The predicted molar refractivity (Wildman–Crippen MR) is 446 cm³/mol. The van der Waals surface area contributed by atoms with Gasteiger partial charge in [0, 0.05) is 25.7 Å². The number of carbonyl (C=O) groups is 4. The van der Waals surface area contributed by atoms with Gasteiger partial charge in [-0.1, -0.05) is 421 Å². The van der Waals surface area contributed by atoms with Crippen molar-refractivity contribution in [3.05, 3.63) is 0 Å². The zero-order valence-corrected chi connectivity index (χ0v) is 73.1. The monoisotopic (exact) mass is 1580 g/mol. The molecule has 0 rings (SSSR count). The lowest BCUT2D eigenvalue weighted by molar-refractivity contribution is -0.161. The number of unbranched alkanes of at least 4 members (excludes halogenated alkanes) is 54. The quantitative estimate of drug-likeness (QED) is 0.0222. The van der Waals surface area contributed by atoms with Crippen LogP contribution in [0.5, 0.6) is 0 Å². The van der Waals surface area contributed by atoms with Crippen LogP contribution in [-0.2, 0) is 65.4 Å². The second kappa shape index (κ2) is 78.9. The van der Waals surface area contributed by atoms with Crippen LogP contribution in [0.25, 0.3) is 0 Å². The van der Waals surface area contributed by atoms with Crippen molar-refractivity contribution < 1.29 is 80.2 Å². The fourth-order valence-electron chi connectivity index (χ4n) is 13.9. The Morgan fingerprint density at radius 3 is 0.704 bits per heavy atom. The third-order valence-electron chi connectivity index (χ3n) is 21.2. The van der Waals surface area contributed by atoms with Gasteiger partial charge in [0.15, 0.2) is 12.2 Å². The molecule has 0 amide bonds. The molecular formula is C89H174O17P2. The summed E-state index contributed by atoms with van der Waals surface area (Å²) in [6.07, 6.45) is 71.0. The average molecular weight is 1580 g/mol. The number of carbonyl (C=O) groups excluding carboxylic acids is 4. The molecule has 0 aromatic rings. The molecule has 0 radical (unpaired) electrons. The molecule has 108 heavy (non-hydrogen) atoms. The van der Waals surface area contributed by atoms with Gasteiger partial charge in [-0.15, -0.1) is 0 Å². The van der Waals surface area contributed by atoms with Gasteiger partial charge in [0.2, 0.25) is 0 Å². The van der Waals surface area contributed by atoms with Crippen molar-refractivity contribution in [2.75, 3.05) is 39.6 Å². The van der Waals surface area contributed by atoms with Gasteiger partial charge >= 0.3 is 39.5 Å². The van der Waals surface area contributed by atoms with Gasteiger partial charge in [0.25, 0.3) is 0 Å². The van der Waals surface area contributed by atoms with E-state index in [1.54, 1.807) is 0 Å². The highest BCUT2D eigenvalue weighted by Gasteiger charge is 2.31. The number of phosphoric ester groups is 2. The fraction of sp³-hybridized carbons (Fsp3) is 0.955. The Labute approximate surface area is 664 Å². The molecule has 0 fully saturated rings. The molecule has 19 heteroatoms. The molecule has 3 unspecified atom stereocenters. The number of rotatable bonds is 87. The van der Waals surface area contributed by atoms with Crippen molar-refractivity contribution in [3.8, 4) is 0 Å². The van der Waals surface area contributed by atoms with Crippen molar-refractivity contribution in [1.82, 2.24) is 0 Å². The molecule has 0 bridgehead atoms. The van der Waals surface area contributed by atoms with Gasteiger partial charge in [-0.2, -0.15) is 0 Å². The van der Waals surface area contributed by atoms with E-state index in [9.17, 15) is 43.2 Å². The van der Waals surface area contributed by atoms with Gasteiger partial charge in [-0.05, 0) is 43.4 Å². The van der Waals surface area contributed by atoms with Gasteiger partial charge in [-0.25, -0.2) is 9.13 Å². The lowest BCUT2D eigenvalue weighted by Crippen LogP contribution is -2.30. The first-order chi connectivity index (χ1) is 52.3. The van der Waals surface area contributed by atoms with E-state index in [1.165, 1.54) is 283 Å². The van der Waals surface area contributed by atoms with E-state index in [-0.39, 0.29) is 25.7 Å². The molecule has 0 saturated carbocycles. The maximum Gasteiger partial charge on any atom is 0.472 e. The van der Waals surface area contributed by atoms with Crippen molar-refractivity contribution in [2.24, 2.45) is 17.8 Å². The smallest absolute Gasteiger partial charge is 0.462 e. The van der Waals surface area contributed by atoms with Crippen LogP contribution in [0.2, 0.25) is 0 Å². The molecule has 0 aliphatic rings. The molecule has 6 atom stereocenters. The molecule has 17 nitrogen and oxygen atoms in total. The molecule has 0 saturated heterocycles. The molecule has 0 aromatic heterocycles. The van der Waals surface area contributed by atoms with E-state index in [0.717, 1.165) is 108 Å². The summed E-state index contributed by atoms with van der Waals surface area (Å²) in [5.41, 5.74) is 0. The zero-order valence-electron chi connectivity index (χ0n) is 71.3. The molecule has 642 valence electrons.